The fourth-order valence-corrected chi connectivity index (χ4v) is 2.10. The molecule has 0 spiro atoms. The molecule has 2 aromatic rings. The van der Waals surface area contributed by atoms with Crippen LogP contribution in [0.15, 0.2) is 18.2 Å². The maximum Gasteiger partial charge on any atom is 0.225 e. The Kier molecular flexibility index (Phi) is 4.95. The van der Waals surface area contributed by atoms with Crippen LogP contribution in [0.4, 0.5) is 11.9 Å². The molecule has 0 aliphatic heterocycles. The van der Waals surface area contributed by atoms with E-state index in [1.807, 2.05) is 30.1 Å². The van der Waals surface area contributed by atoms with Crippen LogP contribution in [0.1, 0.15) is 11.4 Å². The van der Waals surface area contributed by atoms with Crippen LogP contribution in [-0.2, 0) is 13.1 Å². The molecule has 2 rings (SSSR count). The molecule has 1 aromatic carbocycles. The number of nitrogens with two attached hydrogens (primary N) is 2. The van der Waals surface area contributed by atoms with Gasteiger partial charge in [-0.05, 0) is 13.1 Å². The molecule has 118 valence electrons. The van der Waals surface area contributed by atoms with E-state index in [9.17, 15) is 0 Å². The summed E-state index contributed by atoms with van der Waals surface area (Å²) < 4.78 is 10.6. The van der Waals surface area contributed by atoms with E-state index in [0.717, 1.165) is 17.1 Å². The Morgan fingerprint density at radius 1 is 1.00 bits per heavy atom. The van der Waals surface area contributed by atoms with Gasteiger partial charge in [0.05, 0.1) is 20.8 Å². The first-order valence-electron chi connectivity index (χ1n) is 6.67. The van der Waals surface area contributed by atoms with Crippen LogP contribution in [0.2, 0.25) is 0 Å². The van der Waals surface area contributed by atoms with Crippen molar-refractivity contribution in [1.29, 1.82) is 0 Å². The maximum absolute atomic E-state index is 5.57. The highest BCUT2D eigenvalue weighted by molar-refractivity contribution is 5.40. The van der Waals surface area contributed by atoms with Crippen LogP contribution in [0, 0.1) is 0 Å². The molecular weight excluding hydrogens is 284 g/mol. The minimum Gasteiger partial charge on any atom is -0.497 e. The molecule has 0 saturated heterocycles. The summed E-state index contributed by atoms with van der Waals surface area (Å²) in [4.78, 5) is 13.9. The van der Waals surface area contributed by atoms with Gasteiger partial charge in [0, 0.05) is 18.2 Å². The van der Waals surface area contributed by atoms with Gasteiger partial charge >= 0.3 is 0 Å². The van der Waals surface area contributed by atoms with E-state index >= 15 is 0 Å². The molecule has 0 fully saturated rings. The Morgan fingerprint density at radius 3 is 2.27 bits per heavy atom. The molecule has 0 saturated carbocycles. The quantitative estimate of drug-likeness (QED) is 0.801. The van der Waals surface area contributed by atoms with Gasteiger partial charge in [0.2, 0.25) is 11.9 Å². The van der Waals surface area contributed by atoms with Gasteiger partial charge < -0.3 is 20.9 Å². The van der Waals surface area contributed by atoms with E-state index in [0.29, 0.717) is 18.9 Å². The lowest BCUT2D eigenvalue weighted by atomic mass is 10.2. The number of hydrogen-bond acceptors (Lipinski definition) is 8. The topological polar surface area (TPSA) is 112 Å². The number of anilines is 2. The molecule has 1 aromatic heterocycles. The van der Waals surface area contributed by atoms with Gasteiger partial charge in [-0.1, -0.05) is 6.07 Å². The van der Waals surface area contributed by atoms with Gasteiger partial charge in [-0.25, -0.2) is 0 Å². The summed E-state index contributed by atoms with van der Waals surface area (Å²) in [6.45, 7) is 1.14. The van der Waals surface area contributed by atoms with Crippen LogP contribution in [0.5, 0.6) is 11.5 Å². The molecule has 0 amide bonds. The van der Waals surface area contributed by atoms with Gasteiger partial charge in [-0.3, -0.25) is 4.90 Å². The van der Waals surface area contributed by atoms with Crippen molar-refractivity contribution in [2.45, 2.75) is 13.1 Å². The molecule has 22 heavy (non-hydrogen) atoms. The number of aromatic nitrogens is 3. The first-order chi connectivity index (χ1) is 10.5. The van der Waals surface area contributed by atoms with Gasteiger partial charge in [0.1, 0.15) is 17.3 Å². The molecule has 0 unspecified atom stereocenters. The summed E-state index contributed by atoms with van der Waals surface area (Å²) in [6.07, 6.45) is 0. The van der Waals surface area contributed by atoms with E-state index in [-0.39, 0.29) is 11.9 Å². The molecule has 8 heteroatoms. The smallest absolute Gasteiger partial charge is 0.225 e. The number of benzene rings is 1. The van der Waals surface area contributed by atoms with Crippen molar-refractivity contribution in [3.05, 3.63) is 29.6 Å². The number of nitrogens with zero attached hydrogens (tertiary/aromatic N) is 4. The fourth-order valence-electron chi connectivity index (χ4n) is 2.10. The first kappa shape index (κ1) is 15.8. The Morgan fingerprint density at radius 2 is 1.68 bits per heavy atom. The van der Waals surface area contributed by atoms with Crippen molar-refractivity contribution in [2.24, 2.45) is 0 Å². The summed E-state index contributed by atoms with van der Waals surface area (Å²) in [7, 11) is 5.20. The number of nitrogen functional groups attached to an aromatic ring is 2. The number of hydrogen-bond donors (Lipinski definition) is 2. The predicted octanol–water partition coefficient (Wildman–Crippen LogP) is 0.685. The summed E-state index contributed by atoms with van der Waals surface area (Å²) >= 11 is 0. The highest BCUT2D eigenvalue weighted by atomic mass is 16.5. The molecule has 0 atom stereocenters. The van der Waals surface area contributed by atoms with Gasteiger partial charge in [0.25, 0.3) is 0 Å². The van der Waals surface area contributed by atoms with Crippen molar-refractivity contribution in [1.82, 2.24) is 19.9 Å². The largest absolute Gasteiger partial charge is 0.497 e. The van der Waals surface area contributed by atoms with E-state index in [1.54, 1.807) is 14.2 Å². The minimum absolute atomic E-state index is 0.123. The Balaban J connectivity index is 2.09. The molecule has 0 radical (unpaired) electrons. The van der Waals surface area contributed by atoms with Gasteiger partial charge in [-0.15, -0.1) is 0 Å². The van der Waals surface area contributed by atoms with Crippen molar-refractivity contribution in [2.75, 3.05) is 32.7 Å². The van der Waals surface area contributed by atoms with Gasteiger partial charge in [-0.2, -0.15) is 15.0 Å². The molecule has 0 aliphatic rings. The van der Waals surface area contributed by atoms with Crippen molar-refractivity contribution >= 4 is 11.9 Å². The molecule has 0 bridgehead atoms. The summed E-state index contributed by atoms with van der Waals surface area (Å²) in [6, 6.07) is 5.71. The third kappa shape index (κ3) is 3.95. The van der Waals surface area contributed by atoms with Crippen molar-refractivity contribution < 1.29 is 9.47 Å². The first-order valence-corrected chi connectivity index (χ1v) is 6.67. The molecule has 4 N–H and O–H groups in total. The number of methoxy groups -OCH3 is 2. The predicted molar refractivity (Wildman–Crippen MR) is 83.4 cm³/mol. The SMILES string of the molecule is COc1ccc(CN(C)Cc2nc(N)nc(N)n2)c(OC)c1. The van der Waals surface area contributed by atoms with Crippen molar-refractivity contribution in [3.63, 3.8) is 0 Å². The third-order valence-electron chi connectivity index (χ3n) is 3.06. The average Bonchev–Trinajstić information content (AvgIpc) is 2.46. The average molecular weight is 304 g/mol. The Labute approximate surface area is 129 Å². The van der Waals surface area contributed by atoms with Crippen LogP contribution >= 0.6 is 0 Å². The Hall–Kier alpha value is -2.61. The normalized spacial score (nSPS) is 10.7. The minimum atomic E-state index is 0.123. The maximum atomic E-state index is 5.57. The molecular formula is C14H20N6O2. The van der Waals surface area contributed by atoms with Crippen molar-refractivity contribution in [3.8, 4) is 11.5 Å². The van der Waals surface area contributed by atoms with E-state index in [2.05, 4.69) is 15.0 Å². The van der Waals surface area contributed by atoms with E-state index in [1.165, 1.54) is 0 Å². The number of ether oxygens (including phenoxy) is 2. The van der Waals surface area contributed by atoms with E-state index < -0.39 is 0 Å². The van der Waals surface area contributed by atoms with Crippen LogP contribution in [0.3, 0.4) is 0 Å². The fraction of sp³-hybridized carbons (Fsp3) is 0.357. The van der Waals surface area contributed by atoms with Crippen LogP contribution in [-0.4, -0.2) is 41.1 Å². The molecule has 8 nitrogen and oxygen atoms in total. The lowest BCUT2D eigenvalue weighted by molar-refractivity contribution is 0.302. The summed E-state index contributed by atoms with van der Waals surface area (Å²) in [5.41, 5.74) is 12.2. The van der Waals surface area contributed by atoms with Crippen LogP contribution < -0.4 is 20.9 Å². The summed E-state index contributed by atoms with van der Waals surface area (Å²) in [5.74, 6) is 2.29. The zero-order valence-corrected chi connectivity index (χ0v) is 12.9. The second-order valence-electron chi connectivity index (χ2n) is 4.82. The summed E-state index contributed by atoms with van der Waals surface area (Å²) in [5, 5.41) is 0. The van der Waals surface area contributed by atoms with Crippen LogP contribution in [0.25, 0.3) is 0 Å². The monoisotopic (exact) mass is 304 g/mol. The highest BCUT2D eigenvalue weighted by Gasteiger charge is 2.10. The molecule has 0 aliphatic carbocycles. The highest BCUT2D eigenvalue weighted by Crippen LogP contribution is 2.25. The lowest BCUT2D eigenvalue weighted by Crippen LogP contribution is -2.20. The lowest BCUT2D eigenvalue weighted by Gasteiger charge is -2.18. The third-order valence-corrected chi connectivity index (χ3v) is 3.06. The zero-order chi connectivity index (χ0) is 16.1. The second-order valence-corrected chi connectivity index (χ2v) is 4.82. The molecule has 1 heterocycles. The zero-order valence-electron chi connectivity index (χ0n) is 12.9. The number of rotatable bonds is 6. The second kappa shape index (κ2) is 6.90. The Bertz CT molecular complexity index is 629. The van der Waals surface area contributed by atoms with Gasteiger partial charge in [0.15, 0.2) is 0 Å². The van der Waals surface area contributed by atoms with E-state index in [4.69, 9.17) is 20.9 Å². The standard InChI is InChI=1S/C14H20N6O2/c1-20(8-12-17-13(15)19-14(16)18-12)7-9-4-5-10(21-2)6-11(9)22-3/h4-6H,7-8H2,1-3H3,(H4,15,16,17,18,19).